The van der Waals surface area contributed by atoms with Crippen LogP contribution in [0.2, 0.25) is 0 Å². The number of hydrogen-bond donors (Lipinski definition) is 1. The summed E-state index contributed by atoms with van der Waals surface area (Å²) in [7, 11) is 0. The quantitative estimate of drug-likeness (QED) is 0.523. The summed E-state index contributed by atoms with van der Waals surface area (Å²) in [6, 6.07) is 0. The zero-order chi connectivity index (χ0) is 11.8. The minimum absolute atomic E-state index is 0.298. The highest BCUT2D eigenvalue weighted by Gasteiger charge is 2.10. The molecule has 1 N–H and O–H groups in total. The van der Waals surface area contributed by atoms with E-state index in [1.54, 1.807) is 0 Å². The van der Waals surface area contributed by atoms with Crippen molar-refractivity contribution in [3.8, 4) is 0 Å². The van der Waals surface area contributed by atoms with Gasteiger partial charge in [0.25, 0.3) is 0 Å². The van der Waals surface area contributed by atoms with Gasteiger partial charge in [-0.1, -0.05) is 13.8 Å². The number of rotatable bonds is 8. The monoisotopic (exact) mass is 246 g/mol. The molecule has 1 atom stereocenters. The molecule has 0 aromatic carbocycles. The minimum atomic E-state index is 0.298. The van der Waals surface area contributed by atoms with Gasteiger partial charge in [-0.2, -0.15) is 0 Å². The predicted octanol–water partition coefficient (Wildman–Crippen LogP) is 2.72. The van der Waals surface area contributed by atoms with Gasteiger partial charge in [0.05, 0.1) is 0 Å². The Morgan fingerprint density at radius 1 is 1.25 bits per heavy atom. The zero-order valence-electron chi connectivity index (χ0n) is 10.8. The second kappa shape index (κ2) is 8.32. The summed E-state index contributed by atoms with van der Waals surface area (Å²) in [6.45, 7) is 10.4. The molecule has 3 heteroatoms. The van der Waals surface area contributed by atoms with Gasteiger partial charge in [-0.3, -0.25) is 0 Å². The minimum Gasteiger partial charge on any atom is -0.315 e. The molecule has 0 aromatic heterocycles. The first-order valence-corrected chi connectivity index (χ1v) is 7.19. The van der Waals surface area contributed by atoms with Crippen LogP contribution in [-0.2, 0) is 0 Å². The SMILES string of the molecule is CC(C)CC(Cl)CNCCCN1CCCC1. The van der Waals surface area contributed by atoms with Gasteiger partial charge in [0, 0.05) is 11.9 Å². The average Bonchev–Trinajstić information content (AvgIpc) is 2.68. The molecule has 0 spiro atoms. The summed E-state index contributed by atoms with van der Waals surface area (Å²) < 4.78 is 0. The number of nitrogens with zero attached hydrogens (tertiary/aromatic N) is 1. The van der Waals surface area contributed by atoms with Gasteiger partial charge in [-0.05, 0) is 57.8 Å². The lowest BCUT2D eigenvalue weighted by Crippen LogP contribution is -2.28. The van der Waals surface area contributed by atoms with Crippen molar-refractivity contribution in [3.05, 3.63) is 0 Å². The Morgan fingerprint density at radius 3 is 2.56 bits per heavy atom. The Kier molecular flexibility index (Phi) is 7.42. The third-order valence-corrected chi connectivity index (χ3v) is 3.45. The molecule has 2 nitrogen and oxygen atoms in total. The third-order valence-electron chi connectivity index (χ3n) is 3.12. The number of halogens is 1. The number of alkyl halides is 1. The van der Waals surface area contributed by atoms with Crippen molar-refractivity contribution in [3.63, 3.8) is 0 Å². The van der Waals surface area contributed by atoms with Gasteiger partial charge in [0.2, 0.25) is 0 Å². The highest BCUT2D eigenvalue weighted by Crippen LogP contribution is 2.09. The van der Waals surface area contributed by atoms with E-state index in [0.717, 1.165) is 19.5 Å². The molecule has 0 radical (unpaired) electrons. The largest absolute Gasteiger partial charge is 0.315 e. The van der Waals surface area contributed by atoms with Crippen molar-refractivity contribution in [2.24, 2.45) is 5.92 Å². The van der Waals surface area contributed by atoms with Crippen molar-refractivity contribution >= 4 is 11.6 Å². The molecule has 1 fully saturated rings. The van der Waals surface area contributed by atoms with Crippen LogP contribution in [0.25, 0.3) is 0 Å². The van der Waals surface area contributed by atoms with Gasteiger partial charge in [-0.25, -0.2) is 0 Å². The first-order valence-electron chi connectivity index (χ1n) is 6.75. The summed E-state index contributed by atoms with van der Waals surface area (Å²) in [6.07, 6.45) is 5.16. The van der Waals surface area contributed by atoms with E-state index < -0.39 is 0 Å². The smallest absolute Gasteiger partial charge is 0.0463 e. The molecule has 1 saturated heterocycles. The lowest BCUT2D eigenvalue weighted by atomic mass is 10.1. The maximum Gasteiger partial charge on any atom is 0.0463 e. The summed E-state index contributed by atoms with van der Waals surface area (Å²) in [5, 5.41) is 3.75. The summed E-state index contributed by atoms with van der Waals surface area (Å²) in [5.74, 6) is 0.703. The Balaban J connectivity index is 1.87. The van der Waals surface area contributed by atoms with Crippen molar-refractivity contribution in [1.29, 1.82) is 0 Å². The molecule has 1 aliphatic heterocycles. The highest BCUT2D eigenvalue weighted by molar-refractivity contribution is 6.20. The Morgan fingerprint density at radius 2 is 1.94 bits per heavy atom. The highest BCUT2D eigenvalue weighted by atomic mass is 35.5. The average molecular weight is 247 g/mol. The first-order chi connectivity index (χ1) is 7.68. The van der Waals surface area contributed by atoms with Crippen molar-refractivity contribution in [2.45, 2.75) is 44.9 Å². The van der Waals surface area contributed by atoms with Crippen LogP contribution >= 0.6 is 11.6 Å². The van der Waals surface area contributed by atoms with E-state index in [-0.39, 0.29) is 0 Å². The standard InChI is InChI=1S/C13H27ClN2/c1-12(2)10-13(14)11-15-6-5-9-16-7-3-4-8-16/h12-13,15H,3-11H2,1-2H3. The Bertz CT molecular complexity index is 167. The molecule has 1 heterocycles. The van der Waals surface area contributed by atoms with Crippen LogP contribution in [0, 0.1) is 5.92 Å². The van der Waals surface area contributed by atoms with Crippen LogP contribution < -0.4 is 5.32 Å². The van der Waals surface area contributed by atoms with E-state index in [2.05, 4.69) is 24.1 Å². The molecule has 0 saturated carbocycles. The fraction of sp³-hybridized carbons (Fsp3) is 1.00. The van der Waals surface area contributed by atoms with Gasteiger partial charge in [0.1, 0.15) is 0 Å². The molecule has 16 heavy (non-hydrogen) atoms. The lowest BCUT2D eigenvalue weighted by molar-refractivity contribution is 0.331. The number of hydrogen-bond acceptors (Lipinski definition) is 2. The van der Waals surface area contributed by atoms with E-state index in [9.17, 15) is 0 Å². The van der Waals surface area contributed by atoms with Crippen LogP contribution in [0.3, 0.4) is 0 Å². The molecular formula is C13H27ClN2. The topological polar surface area (TPSA) is 15.3 Å². The number of likely N-dealkylation sites (tertiary alicyclic amines) is 1. The molecule has 96 valence electrons. The van der Waals surface area contributed by atoms with Gasteiger partial charge in [0.15, 0.2) is 0 Å². The molecule has 1 aliphatic rings. The molecule has 0 amide bonds. The molecule has 1 rings (SSSR count). The van der Waals surface area contributed by atoms with E-state index in [1.807, 2.05) is 0 Å². The second-order valence-corrected chi connectivity index (χ2v) is 5.95. The second-order valence-electron chi connectivity index (χ2n) is 5.33. The maximum absolute atomic E-state index is 6.21. The Hall–Kier alpha value is 0.210. The van der Waals surface area contributed by atoms with Crippen LogP contribution in [0.5, 0.6) is 0 Å². The van der Waals surface area contributed by atoms with Gasteiger partial charge in [-0.15, -0.1) is 11.6 Å². The molecule has 0 aromatic rings. The predicted molar refractivity (Wildman–Crippen MR) is 72.3 cm³/mol. The molecule has 0 bridgehead atoms. The Labute approximate surface area is 106 Å². The van der Waals surface area contributed by atoms with Crippen molar-refractivity contribution in [1.82, 2.24) is 10.2 Å². The van der Waals surface area contributed by atoms with Crippen LogP contribution in [-0.4, -0.2) is 43.0 Å². The van der Waals surface area contributed by atoms with Crippen LogP contribution in [0.4, 0.5) is 0 Å². The van der Waals surface area contributed by atoms with Gasteiger partial charge < -0.3 is 10.2 Å². The molecular weight excluding hydrogens is 220 g/mol. The molecule has 0 aliphatic carbocycles. The van der Waals surface area contributed by atoms with Crippen LogP contribution in [0.15, 0.2) is 0 Å². The zero-order valence-corrected chi connectivity index (χ0v) is 11.6. The van der Waals surface area contributed by atoms with Crippen molar-refractivity contribution in [2.75, 3.05) is 32.7 Å². The van der Waals surface area contributed by atoms with E-state index in [4.69, 9.17) is 11.6 Å². The van der Waals surface area contributed by atoms with E-state index in [1.165, 1.54) is 38.9 Å². The first kappa shape index (κ1) is 14.3. The number of nitrogens with one attached hydrogen (secondary N) is 1. The van der Waals surface area contributed by atoms with E-state index >= 15 is 0 Å². The summed E-state index contributed by atoms with van der Waals surface area (Å²) in [4.78, 5) is 2.56. The van der Waals surface area contributed by atoms with Crippen LogP contribution in [0.1, 0.15) is 39.5 Å². The molecule has 1 unspecified atom stereocenters. The summed E-state index contributed by atoms with van der Waals surface area (Å²) >= 11 is 6.21. The van der Waals surface area contributed by atoms with E-state index in [0.29, 0.717) is 11.3 Å². The maximum atomic E-state index is 6.21. The lowest BCUT2D eigenvalue weighted by Gasteiger charge is -2.16. The fourth-order valence-corrected chi connectivity index (χ4v) is 2.75. The summed E-state index contributed by atoms with van der Waals surface area (Å²) in [5.41, 5.74) is 0. The normalized spacial score (nSPS) is 19.5. The third kappa shape index (κ3) is 6.72. The van der Waals surface area contributed by atoms with Crippen molar-refractivity contribution < 1.29 is 0 Å². The fourth-order valence-electron chi connectivity index (χ4n) is 2.29. The van der Waals surface area contributed by atoms with Gasteiger partial charge >= 0.3 is 0 Å².